The molecule has 3 aromatic rings. The molecule has 0 aliphatic heterocycles. The van der Waals surface area contributed by atoms with Gasteiger partial charge in [-0.3, -0.25) is 9.36 Å². The molecule has 5 nitrogen and oxygen atoms in total. The van der Waals surface area contributed by atoms with E-state index in [4.69, 9.17) is 16.3 Å². The Hall–Kier alpha value is -2.61. The fourth-order valence-corrected chi connectivity index (χ4v) is 3.20. The molecular weight excluding hydrogens is 407 g/mol. The Bertz CT molecular complexity index is 1030. The second kappa shape index (κ2) is 8.41. The topological polar surface area (TPSA) is 57.0 Å². The predicted octanol–water partition coefficient (Wildman–Crippen LogP) is 5.15. The van der Waals surface area contributed by atoms with Crippen LogP contribution in [0, 0.1) is 0 Å². The number of fused-ring (bicyclic) bond motifs is 1. The van der Waals surface area contributed by atoms with Crippen molar-refractivity contribution in [2.75, 3.05) is 6.61 Å². The van der Waals surface area contributed by atoms with E-state index >= 15 is 0 Å². The molecule has 0 radical (unpaired) electrons. The molecule has 154 valence electrons. The first-order chi connectivity index (χ1) is 13.7. The number of aryl methyl sites for hydroxylation is 1. The Morgan fingerprint density at radius 3 is 2.59 bits per heavy atom. The van der Waals surface area contributed by atoms with Gasteiger partial charge < -0.3 is 4.74 Å². The van der Waals surface area contributed by atoms with Gasteiger partial charge in [-0.2, -0.15) is 13.2 Å². The number of alkyl halides is 3. The number of halogens is 4. The van der Waals surface area contributed by atoms with Crippen LogP contribution in [0.15, 0.2) is 30.5 Å². The number of rotatable bonds is 6. The Kier molecular flexibility index (Phi) is 6.12. The molecule has 2 aromatic heterocycles. The summed E-state index contributed by atoms with van der Waals surface area (Å²) in [5.74, 6) is 0.837. The van der Waals surface area contributed by atoms with E-state index in [0.29, 0.717) is 36.4 Å². The van der Waals surface area contributed by atoms with Crippen LogP contribution in [0.2, 0.25) is 5.02 Å². The maximum absolute atomic E-state index is 13.1. The predicted molar refractivity (Wildman–Crippen MR) is 103 cm³/mol. The van der Waals surface area contributed by atoms with Gasteiger partial charge in [0.25, 0.3) is 0 Å². The van der Waals surface area contributed by atoms with Crippen molar-refractivity contribution < 1.29 is 22.7 Å². The summed E-state index contributed by atoms with van der Waals surface area (Å²) in [4.78, 5) is 19.9. The van der Waals surface area contributed by atoms with Crippen molar-refractivity contribution in [1.29, 1.82) is 0 Å². The minimum Gasteiger partial charge on any atom is -0.465 e. The van der Waals surface area contributed by atoms with Gasteiger partial charge in [-0.25, -0.2) is 9.97 Å². The fraction of sp³-hybridized carbons (Fsp3) is 0.350. The molecule has 0 amide bonds. The number of nitrogens with zero attached hydrogens (tertiary/aromatic N) is 3. The molecule has 0 saturated carbocycles. The molecule has 0 fully saturated rings. The molecule has 3 rings (SSSR count). The largest absolute Gasteiger partial charge is 0.465 e. The van der Waals surface area contributed by atoms with E-state index in [0.717, 1.165) is 11.6 Å². The van der Waals surface area contributed by atoms with Crippen LogP contribution in [0.1, 0.15) is 37.2 Å². The van der Waals surface area contributed by atoms with Crippen molar-refractivity contribution in [2.45, 2.75) is 39.3 Å². The van der Waals surface area contributed by atoms with Crippen LogP contribution in [0.5, 0.6) is 0 Å². The molecule has 0 aliphatic rings. The first-order valence-corrected chi connectivity index (χ1v) is 9.51. The first-order valence-electron chi connectivity index (χ1n) is 9.13. The van der Waals surface area contributed by atoms with E-state index in [1.54, 1.807) is 23.8 Å². The zero-order valence-electron chi connectivity index (χ0n) is 15.9. The minimum absolute atomic E-state index is 0.205. The number of hydrogen-bond donors (Lipinski definition) is 0. The summed E-state index contributed by atoms with van der Waals surface area (Å²) < 4.78 is 46.2. The molecule has 2 heterocycles. The Morgan fingerprint density at radius 1 is 1.24 bits per heavy atom. The second-order valence-corrected chi connectivity index (χ2v) is 6.79. The first kappa shape index (κ1) is 21.1. The number of hydrogen-bond acceptors (Lipinski definition) is 4. The lowest BCUT2D eigenvalue weighted by Crippen LogP contribution is -2.07. The normalized spacial score (nSPS) is 11.8. The third-order valence-corrected chi connectivity index (χ3v) is 4.73. The number of benzene rings is 1. The van der Waals surface area contributed by atoms with Gasteiger partial charge in [0.2, 0.25) is 0 Å². The summed E-state index contributed by atoms with van der Waals surface area (Å²) >= 11 is 5.90. The third-order valence-electron chi connectivity index (χ3n) is 4.42. The average Bonchev–Trinajstić information content (AvgIpc) is 3.04. The molecule has 0 spiro atoms. The smallest absolute Gasteiger partial charge is 0.417 e. The number of ether oxygens (including phenoxy) is 1. The van der Waals surface area contributed by atoms with Gasteiger partial charge in [0.05, 0.1) is 28.2 Å². The second-order valence-electron chi connectivity index (χ2n) is 6.38. The Balaban J connectivity index is 1.94. The maximum Gasteiger partial charge on any atom is 0.417 e. The lowest BCUT2D eigenvalue weighted by atomic mass is 10.2. The van der Waals surface area contributed by atoms with Gasteiger partial charge in [0, 0.05) is 25.5 Å². The number of carbonyl (C=O) groups is 1. The quantitative estimate of drug-likeness (QED) is 0.512. The van der Waals surface area contributed by atoms with E-state index in [1.165, 1.54) is 6.07 Å². The highest BCUT2D eigenvalue weighted by Crippen LogP contribution is 2.37. The van der Waals surface area contributed by atoms with Gasteiger partial charge in [0.1, 0.15) is 11.6 Å². The van der Waals surface area contributed by atoms with Crippen LogP contribution in [-0.4, -0.2) is 27.1 Å². The van der Waals surface area contributed by atoms with Crippen LogP contribution in [-0.2, 0) is 28.5 Å². The summed E-state index contributed by atoms with van der Waals surface area (Å²) in [6.45, 7) is 3.85. The third kappa shape index (κ3) is 4.53. The van der Waals surface area contributed by atoms with E-state index in [2.05, 4.69) is 9.97 Å². The van der Waals surface area contributed by atoms with Gasteiger partial charge >= 0.3 is 12.1 Å². The number of carbonyl (C=O) groups excluding carboxylic acids is 1. The van der Waals surface area contributed by atoms with Crippen molar-refractivity contribution in [1.82, 2.24) is 14.5 Å². The number of imidazole rings is 1. The highest BCUT2D eigenvalue weighted by atomic mass is 35.5. The zero-order chi connectivity index (χ0) is 21.2. The summed E-state index contributed by atoms with van der Waals surface area (Å²) in [7, 11) is 0. The van der Waals surface area contributed by atoms with Crippen molar-refractivity contribution in [2.24, 2.45) is 0 Å². The molecule has 0 aliphatic carbocycles. The lowest BCUT2D eigenvalue weighted by Gasteiger charge is -2.11. The van der Waals surface area contributed by atoms with Gasteiger partial charge in [-0.1, -0.05) is 31.5 Å². The van der Waals surface area contributed by atoms with E-state index in [1.807, 2.05) is 13.0 Å². The van der Waals surface area contributed by atoms with Gasteiger partial charge in [0.15, 0.2) is 0 Å². The molecule has 1 aromatic carbocycles. The van der Waals surface area contributed by atoms with Crippen LogP contribution >= 0.6 is 11.6 Å². The molecule has 0 saturated heterocycles. The highest BCUT2D eigenvalue weighted by molar-refractivity contribution is 6.32. The monoisotopic (exact) mass is 425 g/mol. The number of aromatic nitrogens is 3. The van der Waals surface area contributed by atoms with Gasteiger partial charge in [-0.15, -0.1) is 0 Å². The highest BCUT2D eigenvalue weighted by Gasteiger charge is 2.34. The summed E-state index contributed by atoms with van der Waals surface area (Å²) in [6.07, 6.45) is -1.56. The SMILES string of the molecule is CCC(=O)OCCc1ccc(-n2c(CC)nc3cc(C(F)(F)F)c(Cl)cc32)nc1. The molecule has 0 bridgehead atoms. The summed E-state index contributed by atoms with van der Waals surface area (Å²) in [5.41, 5.74) is 0.620. The van der Waals surface area contributed by atoms with Crippen molar-refractivity contribution >= 4 is 28.6 Å². The van der Waals surface area contributed by atoms with Crippen LogP contribution in [0.4, 0.5) is 13.2 Å². The van der Waals surface area contributed by atoms with E-state index in [9.17, 15) is 18.0 Å². The van der Waals surface area contributed by atoms with E-state index < -0.39 is 11.7 Å². The molecular formula is C20H19ClF3N3O2. The average molecular weight is 426 g/mol. The Labute approximate surface area is 170 Å². The van der Waals surface area contributed by atoms with Crippen molar-refractivity contribution in [3.8, 4) is 5.82 Å². The number of esters is 1. The molecule has 0 N–H and O–H groups in total. The maximum atomic E-state index is 13.1. The zero-order valence-corrected chi connectivity index (χ0v) is 16.6. The van der Waals surface area contributed by atoms with Crippen molar-refractivity contribution in [3.63, 3.8) is 0 Å². The van der Waals surface area contributed by atoms with Crippen LogP contribution in [0.25, 0.3) is 16.9 Å². The van der Waals surface area contributed by atoms with Crippen molar-refractivity contribution in [3.05, 3.63) is 52.4 Å². The fourth-order valence-electron chi connectivity index (χ4n) is 2.94. The molecule has 0 atom stereocenters. The van der Waals surface area contributed by atoms with E-state index in [-0.39, 0.29) is 23.1 Å². The van der Waals surface area contributed by atoms with Crippen LogP contribution in [0.3, 0.4) is 0 Å². The van der Waals surface area contributed by atoms with Crippen LogP contribution < -0.4 is 0 Å². The number of pyridine rings is 1. The summed E-state index contributed by atoms with van der Waals surface area (Å²) in [5, 5.41) is -0.386. The minimum atomic E-state index is -4.55. The molecule has 29 heavy (non-hydrogen) atoms. The summed E-state index contributed by atoms with van der Waals surface area (Å²) in [6, 6.07) is 5.82. The standard InChI is InChI=1S/C20H19ClF3N3O2/c1-3-17-26-15-9-13(20(22,23)24)14(21)10-16(15)27(17)18-6-5-12(11-25-18)7-8-29-19(28)4-2/h5-6,9-11H,3-4,7-8H2,1-2H3. The molecule has 0 unspecified atom stereocenters. The molecule has 9 heteroatoms. The van der Waals surface area contributed by atoms with Gasteiger partial charge in [-0.05, 0) is 23.8 Å². The Morgan fingerprint density at radius 2 is 2.00 bits per heavy atom. The lowest BCUT2D eigenvalue weighted by molar-refractivity contribution is -0.143.